The van der Waals surface area contributed by atoms with Crippen molar-refractivity contribution >= 4 is 0 Å². The Labute approximate surface area is 107 Å². The van der Waals surface area contributed by atoms with E-state index in [1.165, 1.54) is 6.42 Å². The van der Waals surface area contributed by atoms with Crippen molar-refractivity contribution in [2.45, 2.75) is 51.7 Å². The number of hydrogen-bond donors (Lipinski definition) is 1. The van der Waals surface area contributed by atoms with Crippen molar-refractivity contribution in [2.24, 2.45) is 23.5 Å². The second-order valence-electron chi connectivity index (χ2n) is 5.80. The van der Waals surface area contributed by atoms with E-state index in [4.69, 9.17) is 5.73 Å². The van der Waals surface area contributed by atoms with Gasteiger partial charge in [-0.3, -0.25) is 0 Å². The predicted molar refractivity (Wildman–Crippen MR) is 65.1 cm³/mol. The van der Waals surface area contributed by atoms with Gasteiger partial charge in [0.05, 0.1) is 0 Å². The van der Waals surface area contributed by atoms with E-state index in [1.807, 2.05) is 0 Å². The lowest BCUT2D eigenvalue weighted by atomic mass is 9.73. The SMILES string of the molecule is CC1CC(C)CC(C(N)CCOCC(F)(F)F)C1. The molecule has 108 valence electrons. The second kappa shape index (κ2) is 6.75. The Bertz CT molecular complexity index is 235. The molecule has 1 fully saturated rings. The summed E-state index contributed by atoms with van der Waals surface area (Å²) in [4.78, 5) is 0. The van der Waals surface area contributed by atoms with Crippen LogP contribution in [-0.4, -0.2) is 25.4 Å². The van der Waals surface area contributed by atoms with Crippen LogP contribution in [-0.2, 0) is 4.74 Å². The molecule has 0 bridgehead atoms. The summed E-state index contributed by atoms with van der Waals surface area (Å²) in [6, 6.07) is -0.0385. The molecule has 0 amide bonds. The zero-order valence-corrected chi connectivity index (χ0v) is 11.2. The molecule has 0 heterocycles. The van der Waals surface area contributed by atoms with E-state index >= 15 is 0 Å². The third kappa shape index (κ3) is 6.05. The van der Waals surface area contributed by atoms with Crippen LogP contribution in [0.5, 0.6) is 0 Å². The van der Waals surface area contributed by atoms with E-state index in [0.717, 1.165) is 12.8 Å². The van der Waals surface area contributed by atoms with Gasteiger partial charge in [-0.25, -0.2) is 0 Å². The first-order valence-electron chi connectivity index (χ1n) is 6.68. The molecule has 18 heavy (non-hydrogen) atoms. The highest BCUT2D eigenvalue weighted by Gasteiger charge is 2.29. The molecule has 0 aromatic carbocycles. The average Bonchev–Trinajstić information content (AvgIpc) is 2.21. The number of nitrogens with two attached hydrogens (primary N) is 1. The fourth-order valence-corrected chi connectivity index (χ4v) is 3.00. The van der Waals surface area contributed by atoms with Gasteiger partial charge in [0.25, 0.3) is 0 Å². The minimum absolute atomic E-state index is 0.0385. The summed E-state index contributed by atoms with van der Waals surface area (Å²) in [7, 11) is 0. The fraction of sp³-hybridized carbons (Fsp3) is 1.00. The lowest BCUT2D eigenvalue weighted by molar-refractivity contribution is -0.174. The number of ether oxygens (including phenoxy) is 1. The highest BCUT2D eigenvalue weighted by molar-refractivity contribution is 4.81. The molecule has 1 rings (SSSR count). The molecule has 3 atom stereocenters. The molecule has 2 nitrogen and oxygen atoms in total. The summed E-state index contributed by atoms with van der Waals surface area (Å²) in [6.07, 6.45) is -0.318. The molecule has 1 saturated carbocycles. The van der Waals surface area contributed by atoms with Crippen LogP contribution in [0, 0.1) is 17.8 Å². The predicted octanol–water partition coefficient (Wildman–Crippen LogP) is 3.36. The van der Waals surface area contributed by atoms with Crippen molar-refractivity contribution in [2.75, 3.05) is 13.2 Å². The lowest BCUT2D eigenvalue weighted by Crippen LogP contribution is -2.36. The first-order valence-corrected chi connectivity index (χ1v) is 6.68. The van der Waals surface area contributed by atoms with E-state index in [0.29, 0.717) is 24.2 Å². The van der Waals surface area contributed by atoms with Crippen LogP contribution in [0.1, 0.15) is 39.5 Å². The summed E-state index contributed by atoms with van der Waals surface area (Å²) in [5, 5.41) is 0. The van der Waals surface area contributed by atoms with Gasteiger partial charge in [-0.15, -0.1) is 0 Å². The van der Waals surface area contributed by atoms with Crippen molar-refractivity contribution in [3.8, 4) is 0 Å². The van der Waals surface area contributed by atoms with E-state index < -0.39 is 12.8 Å². The van der Waals surface area contributed by atoms with Crippen LogP contribution < -0.4 is 5.73 Å². The van der Waals surface area contributed by atoms with Gasteiger partial charge >= 0.3 is 6.18 Å². The largest absolute Gasteiger partial charge is 0.411 e. The minimum Gasteiger partial charge on any atom is -0.372 e. The van der Waals surface area contributed by atoms with Gasteiger partial charge in [-0.05, 0) is 43.4 Å². The molecule has 1 aliphatic rings. The molecule has 2 N–H and O–H groups in total. The van der Waals surface area contributed by atoms with E-state index in [1.54, 1.807) is 0 Å². The quantitative estimate of drug-likeness (QED) is 0.775. The van der Waals surface area contributed by atoms with Crippen LogP contribution in [0.2, 0.25) is 0 Å². The average molecular weight is 267 g/mol. The van der Waals surface area contributed by atoms with E-state index in [2.05, 4.69) is 18.6 Å². The smallest absolute Gasteiger partial charge is 0.372 e. The van der Waals surface area contributed by atoms with Gasteiger partial charge in [0, 0.05) is 12.6 Å². The molecular formula is C13H24F3NO. The van der Waals surface area contributed by atoms with Crippen LogP contribution in [0.3, 0.4) is 0 Å². The highest BCUT2D eigenvalue weighted by atomic mass is 19.4. The molecule has 0 radical (unpaired) electrons. The third-order valence-corrected chi connectivity index (χ3v) is 3.68. The molecule has 0 aromatic rings. The van der Waals surface area contributed by atoms with Gasteiger partial charge in [-0.2, -0.15) is 13.2 Å². The highest BCUT2D eigenvalue weighted by Crippen LogP contribution is 2.34. The Morgan fingerprint density at radius 1 is 1.17 bits per heavy atom. The van der Waals surface area contributed by atoms with Crippen LogP contribution in [0.4, 0.5) is 13.2 Å². The zero-order valence-electron chi connectivity index (χ0n) is 11.2. The normalized spacial score (nSPS) is 31.3. The van der Waals surface area contributed by atoms with Gasteiger partial charge < -0.3 is 10.5 Å². The van der Waals surface area contributed by atoms with Crippen molar-refractivity contribution in [3.05, 3.63) is 0 Å². The third-order valence-electron chi connectivity index (χ3n) is 3.68. The van der Waals surface area contributed by atoms with Crippen molar-refractivity contribution < 1.29 is 17.9 Å². The maximum Gasteiger partial charge on any atom is 0.411 e. The second-order valence-corrected chi connectivity index (χ2v) is 5.80. The first-order chi connectivity index (χ1) is 8.28. The Kier molecular flexibility index (Phi) is 5.92. The van der Waals surface area contributed by atoms with Crippen LogP contribution >= 0.6 is 0 Å². The Balaban J connectivity index is 2.21. The minimum atomic E-state index is -4.24. The number of hydrogen-bond acceptors (Lipinski definition) is 2. The van der Waals surface area contributed by atoms with Gasteiger partial charge in [-0.1, -0.05) is 13.8 Å². The summed E-state index contributed by atoms with van der Waals surface area (Å²) >= 11 is 0. The fourth-order valence-electron chi connectivity index (χ4n) is 3.00. The molecule has 3 unspecified atom stereocenters. The maximum absolute atomic E-state index is 11.9. The maximum atomic E-state index is 11.9. The molecule has 0 aliphatic heterocycles. The molecule has 5 heteroatoms. The summed E-state index contributed by atoms with van der Waals surface area (Å²) in [5.74, 6) is 1.76. The van der Waals surface area contributed by atoms with E-state index in [9.17, 15) is 13.2 Å². The van der Waals surface area contributed by atoms with Crippen LogP contribution in [0.15, 0.2) is 0 Å². The number of alkyl halides is 3. The molecule has 0 aromatic heterocycles. The van der Waals surface area contributed by atoms with Crippen LogP contribution in [0.25, 0.3) is 0 Å². The standard InChI is InChI=1S/C13H24F3NO/c1-9-5-10(2)7-11(6-9)12(17)3-4-18-8-13(14,15)16/h9-12H,3-8,17H2,1-2H3. The van der Waals surface area contributed by atoms with Crippen molar-refractivity contribution in [3.63, 3.8) is 0 Å². The topological polar surface area (TPSA) is 35.2 Å². The Morgan fingerprint density at radius 3 is 2.22 bits per heavy atom. The summed E-state index contributed by atoms with van der Waals surface area (Å²) < 4.78 is 40.3. The first kappa shape index (κ1) is 15.8. The molecule has 1 aliphatic carbocycles. The molecule has 0 saturated heterocycles. The van der Waals surface area contributed by atoms with Crippen molar-refractivity contribution in [1.29, 1.82) is 0 Å². The molecular weight excluding hydrogens is 243 g/mol. The van der Waals surface area contributed by atoms with Gasteiger partial charge in [0.15, 0.2) is 0 Å². The molecule has 0 spiro atoms. The van der Waals surface area contributed by atoms with E-state index in [-0.39, 0.29) is 12.6 Å². The van der Waals surface area contributed by atoms with Gasteiger partial charge in [0.1, 0.15) is 6.61 Å². The number of halogens is 3. The zero-order chi connectivity index (χ0) is 13.8. The van der Waals surface area contributed by atoms with Gasteiger partial charge in [0.2, 0.25) is 0 Å². The van der Waals surface area contributed by atoms with Crippen molar-refractivity contribution in [1.82, 2.24) is 0 Å². The Morgan fingerprint density at radius 2 is 1.72 bits per heavy atom. The lowest BCUT2D eigenvalue weighted by Gasteiger charge is -2.35. The monoisotopic (exact) mass is 267 g/mol. The number of rotatable bonds is 5. The summed E-state index contributed by atoms with van der Waals surface area (Å²) in [6.45, 7) is 3.36. The summed E-state index contributed by atoms with van der Waals surface area (Å²) in [5.41, 5.74) is 6.06. The Hall–Kier alpha value is -0.290.